The van der Waals surface area contributed by atoms with Crippen molar-refractivity contribution in [3.63, 3.8) is 0 Å². The molecule has 1 N–H and O–H groups in total. The summed E-state index contributed by atoms with van der Waals surface area (Å²) >= 11 is 1.73. The largest absolute Gasteiger partial charge is 0.386 e. The second-order valence-corrected chi connectivity index (χ2v) is 5.82. The Morgan fingerprint density at radius 1 is 1.53 bits per heavy atom. The molecule has 5 heteroatoms. The number of carbonyl (C=O) groups excluding carboxylic acids is 1. The molecule has 3 rings (SSSR count). The number of thiophene rings is 1. The van der Waals surface area contributed by atoms with Crippen LogP contribution in [0, 0.1) is 0 Å². The van der Waals surface area contributed by atoms with Gasteiger partial charge in [-0.15, -0.1) is 11.3 Å². The molecule has 1 fully saturated rings. The summed E-state index contributed by atoms with van der Waals surface area (Å²) in [6, 6.07) is 2.14. The van der Waals surface area contributed by atoms with Crippen LogP contribution >= 0.6 is 11.3 Å². The van der Waals surface area contributed by atoms with Gasteiger partial charge >= 0.3 is 6.41 Å². The standard InChI is InChI=1S/C14H17N2O2S/c17-10-16-5-2-1-3-14(16)18-9-11-7-15-8-13-12(11)4-6-19-13/h4,6,8,14-15H,1-3,5,7,9H2. The Labute approximate surface area is 116 Å². The fourth-order valence-electron chi connectivity index (χ4n) is 2.59. The van der Waals surface area contributed by atoms with Crippen LogP contribution in [-0.2, 0) is 9.53 Å². The maximum absolute atomic E-state index is 10.9. The topological polar surface area (TPSA) is 41.6 Å². The first-order valence-electron chi connectivity index (χ1n) is 6.63. The number of amides is 1. The van der Waals surface area contributed by atoms with E-state index in [-0.39, 0.29) is 6.23 Å². The Bertz CT molecular complexity index is 566. The number of likely N-dealkylation sites (tertiary alicyclic amines) is 1. The van der Waals surface area contributed by atoms with E-state index in [0.717, 1.165) is 32.4 Å². The lowest BCUT2D eigenvalue weighted by atomic mass is 10.1. The molecule has 1 amide bonds. The molecular formula is C14H17N2O2S. The van der Waals surface area contributed by atoms with Gasteiger partial charge in [0.05, 0.1) is 11.1 Å². The Balaban J connectivity index is 1.71. The highest BCUT2D eigenvalue weighted by Crippen LogP contribution is 2.17. The minimum Gasteiger partial charge on any atom is -0.386 e. The molecule has 3 heterocycles. The zero-order chi connectivity index (χ0) is 13.1. The van der Waals surface area contributed by atoms with Gasteiger partial charge in [-0.05, 0) is 41.5 Å². The molecule has 0 aromatic carbocycles. The number of hydrogen-bond donors (Lipinski definition) is 1. The number of ether oxygens (including phenoxy) is 1. The van der Waals surface area contributed by atoms with Crippen molar-refractivity contribution in [1.29, 1.82) is 0 Å². The molecule has 2 aliphatic heterocycles. The summed E-state index contributed by atoms with van der Waals surface area (Å²) in [5.41, 5.74) is 1.26. The molecular weight excluding hydrogens is 260 g/mol. The maximum atomic E-state index is 10.9. The third kappa shape index (κ3) is 2.67. The van der Waals surface area contributed by atoms with Crippen molar-refractivity contribution in [1.82, 2.24) is 10.2 Å². The van der Waals surface area contributed by atoms with Gasteiger partial charge in [0.2, 0.25) is 0 Å². The second kappa shape index (κ2) is 5.75. The fraction of sp³-hybridized carbons (Fsp3) is 0.500. The number of nitrogens with zero attached hydrogens (tertiary/aromatic N) is 1. The van der Waals surface area contributed by atoms with E-state index in [4.69, 9.17) is 4.74 Å². The highest BCUT2D eigenvalue weighted by Gasteiger charge is 2.22. The van der Waals surface area contributed by atoms with E-state index >= 15 is 0 Å². The molecule has 2 aliphatic rings. The zero-order valence-corrected chi connectivity index (χ0v) is 11.5. The first kappa shape index (κ1) is 12.7. The minimum atomic E-state index is -0.105. The van der Waals surface area contributed by atoms with E-state index in [2.05, 4.69) is 23.0 Å². The summed E-state index contributed by atoms with van der Waals surface area (Å²) in [5.74, 6) is 0. The highest BCUT2D eigenvalue weighted by atomic mass is 32.1. The average molecular weight is 277 g/mol. The monoisotopic (exact) mass is 277 g/mol. The van der Waals surface area contributed by atoms with Crippen LogP contribution in [0.5, 0.6) is 0 Å². The highest BCUT2D eigenvalue weighted by molar-refractivity contribution is 7.07. The van der Waals surface area contributed by atoms with Crippen LogP contribution < -0.4 is 15.1 Å². The van der Waals surface area contributed by atoms with Crippen molar-refractivity contribution in [3.05, 3.63) is 21.2 Å². The van der Waals surface area contributed by atoms with Crippen LogP contribution in [0.15, 0.2) is 11.4 Å². The van der Waals surface area contributed by atoms with Crippen molar-refractivity contribution < 1.29 is 9.53 Å². The number of nitrogens with one attached hydrogen (secondary N) is 1. The van der Waals surface area contributed by atoms with Gasteiger partial charge in [-0.1, -0.05) is 0 Å². The summed E-state index contributed by atoms with van der Waals surface area (Å²) in [4.78, 5) is 12.5. The Morgan fingerprint density at radius 2 is 2.47 bits per heavy atom. The van der Waals surface area contributed by atoms with Crippen molar-refractivity contribution in [2.75, 3.05) is 19.7 Å². The van der Waals surface area contributed by atoms with E-state index in [1.807, 2.05) is 6.41 Å². The quantitative estimate of drug-likeness (QED) is 0.851. The zero-order valence-electron chi connectivity index (χ0n) is 10.7. The molecule has 0 bridgehead atoms. The third-order valence-corrected chi connectivity index (χ3v) is 4.50. The average Bonchev–Trinajstić information content (AvgIpc) is 2.94. The van der Waals surface area contributed by atoms with E-state index < -0.39 is 0 Å². The Morgan fingerprint density at radius 3 is 3.37 bits per heavy atom. The molecule has 1 atom stereocenters. The normalized spacial score (nSPS) is 22.4. The van der Waals surface area contributed by atoms with Gasteiger partial charge in [0, 0.05) is 19.3 Å². The Kier molecular flexibility index (Phi) is 3.84. The molecule has 1 aromatic rings. The van der Waals surface area contributed by atoms with Crippen LogP contribution in [-0.4, -0.2) is 37.2 Å². The summed E-state index contributed by atoms with van der Waals surface area (Å²) < 4.78 is 7.19. The number of fused-ring (bicyclic) bond motifs is 1. The smallest absolute Gasteiger partial charge is 0.314 e. The molecule has 0 saturated carbocycles. The van der Waals surface area contributed by atoms with Gasteiger partial charge in [-0.25, -0.2) is 0 Å². The third-order valence-electron chi connectivity index (χ3n) is 3.64. The molecule has 0 aliphatic carbocycles. The number of piperidine rings is 1. The predicted octanol–water partition coefficient (Wildman–Crippen LogP) is 0.136. The molecule has 0 spiro atoms. The molecule has 101 valence electrons. The number of rotatable bonds is 4. The van der Waals surface area contributed by atoms with Gasteiger partial charge in [0.1, 0.15) is 6.23 Å². The lowest BCUT2D eigenvalue weighted by molar-refractivity contribution is -0.0327. The maximum Gasteiger partial charge on any atom is 0.314 e. The summed E-state index contributed by atoms with van der Waals surface area (Å²) in [5, 5.41) is 6.64. The van der Waals surface area contributed by atoms with E-state index in [0.29, 0.717) is 6.61 Å². The second-order valence-electron chi connectivity index (χ2n) is 4.87. The number of hydrogen-bond acceptors (Lipinski definition) is 4. The Hall–Kier alpha value is -1.33. The van der Waals surface area contributed by atoms with Crippen molar-refractivity contribution in [2.24, 2.45) is 0 Å². The van der Waals surface area contributed by atoms with E-state index in [1.54, 1.807) is 16.2 Å². The molecule has 1 saturated heterocycles. The lowest BCUT2D eigenvalue weighted by Crippen LogP contribution is -2.42. The van der Waals surface area contributed by atoms with E-state index in [1.165, 1.54) is 15.3 Å². The SMILES string of the molecule is O=[C]N1CCCCC1OCC1=c2ccsc2=CNC1. The van der Waals surface area contributed by atoms with Crippen molar-refractivity contribution in [2.45, 2.75) is 25.5 Å². The summed E-state index contributed by atoms with van der Waals surface area (Å²) in [7, 11) is 0. The van der Waals surface area contributed by atoms with Gasteiger partial charge in [-0.2, -0.15) is 0 Å². The van der Waals surface area contributed by atoms with Crippen molar-refractivity contribution in [3.8, 4) is 0 Å². The fourth-order valence-corrected chi connectivity index (χ4v) is 3.43. The van der Waals surface area contributed by atoms with E-state index in [9.17, 15) is 4.79 Å². The molecule has 1 aromatic heterocycles. The molecule has 1 radical (unpaired) electrons. The molecule has 1 unspecified atom stereocenters. The minimum absolute atomic E-state index is 0.105. The van der Waals surface area contributed by atoms with Gasteiger partial charge < -0.3 is 15.0 Å². The van der Waals surface area contributed by atoms with Crippen LogP contribution in [0.1, 0.15) is 19.3 Å². The molecule has 4 nitrogen and oxygen atoms in total. The molecule has 19 heavy (non-hydrogen) atoms. The predicted molar refractivity (Wildman–Crippen MR) is 75.4 cm³/mol. The summed E-state index contributed by atoms with van der Waals surface area (Å²) in [6.07, 6.45) is 7.02. The van der Waals surface area contributed by atoms with Crippen LogP contribution in [0.2, 0.25) is 0 Å². The first-order chi connectivity index (χ1) is 9.38. The first-order valence-corrected chi connectivity index (χ1v) is 7.51. The summed E-state index contributed by atoms with van der Waals surface area (Å²) in [6.45, 7) is 2.16. The van der Waals surface area contributed by atoms with Crippen LogP contribution in [0.3, 0.4) is 0 Å². The van der Waals surface area contributed by atoms with Gasteiger partial charge in [-0.3, -0.25) is 4.79 Å². The van der Waals surface area contributed by atoms with Gasteiger partial charge in [0.25, 0.3) is 0 Å². The lowest BCUT2D eigenvalue weighted by Gasteiger charge is -2.32. The van der Waals surface area contributed by atoms with Gasteiger partial charge in [0.15, 0.2) is 0 Å². The van der Waals surface area contributed by atoms with Crippen molar-refractivity contribution >= 4 is 29.5 Å². The van der Waals surface area contributed by atoms with Crippen LogP contribution in [0.4, 0.5) is 0 Å². The van der Waals surface area contributed by atoms with Crippen LogP contribution in [0.25, 0.3) is 11.8 Å².